The second-order valence-corrected chi connectivity index (χ2v) is 7.74. The van der Waals surface area contributed by atoms with E-state index in [9.17, 15) is 14.4 Å². The van der Waals surface area contributed by atoms with Crippen LogP contribution in [0.3, 0.4) is 0 Å². The van der Waals surface area contributed by atoms with Crippen LogP contribution in [0.15, 0.2) is 91.0 Å². The fourth-order valence-electron chi connectivity index (χ4n) is 2.99. The van der Waals surface area contributed by atoms with Crippen molar-refractivity contribution in [3.63, 3.8) is 0 Å². The maximum atomic E-state index is 12.5. The highest BCUT2D eigenvalue weighted by Gasteiger charge is 2.13. The Morgan fingerprint density at radius 1 is 0.771 bits per heavy atom. The van der Waals surface area contributed by atoms with Crippen LogP contribution in [0.5, 0.6) is 17.2 Å². The molecule has 0 unspecified atom stereocenters. The quantitative estimate of drug-likeness (QED) is 0.285. The number of benzene rings is 3. The molecule has 0 fully saturated rings. The van der Waals surface area contributed by atoms with Gasteiger partial charge in [0, 0.05) is 5.57 Å². The molecule has 0 radical (unpaired) electrons. The van der Waals surface area contributed by atoms with Crippen molar-refractivity contribution in [3.8, 4) is 28.4 Å². The summed E-state index contributed by atoms with van der Waals surface area (Å²) in [5.41, 5.74) is 3.19. The Morgan fingerprint density at radius 2 is 1.31 bits per heavy atom. The lowest BCUT2D eigenvalue weighted by molar-refractivity contribution is -0.131. The molecule has 7 nitrogen and oxygen atoms in total. The van der Waals surface area contributed by atoms with Crippen molar-refractivity contribution < 1.29 is 33.7 Å². The predicted octanol–water partition coefficient (Wildman–Crippen LogP) is 4.82. The van der Waals surface area contributed by atoms with E-state index < -0.39 is 24.5 Å². The largest absolute Gasteiger partial charge is 0.423 e. The molecule has 0 saturated carbocycles. The highest BCUT2D eigenvalue weighted by Crippen LogP contribution is 2.29. The lowest BCUT2D eigenvalue weighted by Gasteiger charge is -2.11. The van der Waals surface area contributed by atoms with E-state index in [-0.39, 0.29) is 11.1 Å². The molecule has 0 saturated heterocycles. The highest BCUT2D eigenvalue weighted by atomic mass is 16.5. The first-order valence-corrected chi connectivity index (χ1v) is 10.6. The zero-order valence-corrected chi connectivity index (χ0v) is 19.4. The van der Waals surface area contributed by atoms with Crippen molar-refractivity contribution in [2.24, 2.45) is 0 Å². The van der Waals surface area contributed by atoms with E-state index in [4.69, 9.17) is 19.3 Å². The van der Waals surface area contributed by atoms with Crippen LogP contribution in [-0.4, -0.2) is 29.6 Å². The standard InChI is InChI=1S/C28H24O7/c1-17(2)26(30)33-22-11-7-21(8-12-22)28(32)34-23-9-5-20(6-10-23)25-14-13-24(15-18(25)3)35-27(31)19(4)16-29/h5-15,29H,1,4,16H2,2-3H3. The summed E-state index contributed by atoms with van der Waals surface area (Å²) >= 11 is 0. The molecule has 0 aliphatic heterocycles. The highest BCUT2D eigenvalue weighted by molar-refractivity contribution is 5.92. The summed E-state index contributed by atoms with van der Waals surface area (Å²) in [5.74, 6) is -0.776. The maximum Gasteiger partial charge on any atom is 0.343 e. The third-order valence-corrected chi connectivity index (χ3v) is 4.91. The Labute approximate surface area is 202 Å². The fraction of sp³-hybridized carbons (Fsp3) is 0.107. The summed E-state index contributed by atoms with van der Waals surface area (Å²) in [4.78, 5) is 35.8. The molecule has 0 aliphatic carbocycles. The topological polar surface area (TPSA) is 99.1 Å². The number of rotatable bonds is 8. The Morgan fingerprint density at radius 3 is 1.89 bits per heavy atom. The van der Waals surface area contributed by atoms with Crippen molar-refractivity contribution in [3.05, 3.63) is 102 Å². The Bertz CT molecular complexity index is 1290. The molecule has 0 aliphatic rings. The van der Waals surface area contributed by atoms with Crippen molar-refractivity contribution in [1.29, 1.82) is 0 Å². The number of ether oxygens (including phenoxy) is 3. The third-order valence-electron chi connectivity index (χ3n) is 4.91. The fourth-order valence-corrected chi connectivity index (χ4v) is 2.99. The van der Waals surface area contributed by atoms with Gasteiger partial charge in [0.2, 0.25) is 0 Å². The van der Waals surface area contributed by atoms with Crippen LogP contribution in [0.1, 0.15) is 22.8 Å². The third kappa shape index (κ3) is 6.52. The van der Waals surface area contributed by atoms with Gasteiger partial charge < -0.3 is 19.3 Å². The van der Waals surface area contributed by atoms with Gasteiger partial charge in [-0.3, -0.25) is 0 Å². The van der Waals surface area contributed by atoms with E-state index in [2.05, 4.69) is 13.2 Å². The average molecular weight is 472 g/mol. The van der Waals surface area contributed by atoms with E-state index in [0.717, 1.165) is 16.7 Å². The van der Waals surface area contributed by atoms with Crippen LogP contribution in [0, 0.1) is 6.92 Å². The molecule has 3 aromatic carbocycles. The molecular formula is C28H24O7. The van der Waals surface area contributed by atoms with Crippen LogP contribution in [0.25, 0.3) is 11.1 Å². The summed E-state index contributed by atoms with van der Waals surface area (Å²) in [5, 5.41) is 8.98. The van der Waals surface area contributed by atoms with Gasteiger partial charge in [0.15, 0.2) is 0 Å². The first kappa shape index (κ1) is 25.1. The molecule has 0 aromatic heterocycles. The van der Waals surface area contributed by atoms with Gasteiger partial charge in [0.25, 0.3) is 0 Å². The van der Waals surface area contributed by atoms with Crippen LogP contribution in [-0.2, 0) is 9.59 Å². The second kappa shape index (κ2) is 11.1. The van der Waals surface area contributed by atoms with Gasteiger partial charge in [-0.1, -0.05) is 31.4 Å². The Balaban J connectivity index is 1.65. The van der Waals surface area contributed by atoms with E-state index >= 15 is 0 Å². The average Bonchev–Trinajstić information content (AvgIpc) is 2.84. The molecule has 3 aromatic rings. The van der Waals surface area contributed by atoms with Crippen LogP contribution >= 0.6 is 0 Å². The summed E-state index contributed by atoms with van der Waals surface area (Å²) in [6.07, 6.45) is 0. The molecule has 7 heteroatoms. The van der Waals surface area contributed by atoms with Crippen molar-refractivity contribution >= 4 is 17.9 Å². The number of hydrogen-bond donors (Lipinski definition) is 1. The molecule has 0 heterocycles. The van der Waals surface area contributed by atoms with E-state index in [1.165, 1.54) is 24.3 Å². The summed E-state index contributed by atoms with van der Waals surface area (Å²) < 4.78 is 15.7. The minimum Gasteiger partial charge on any atom is -0.423 e. The van der Waals surface area contributed by atoms with E-state index in [0.29, 0.717) is 22.8 Å². The number of hydrogen-bond acceptors (Lipinski definition) is 7. The number of carbonyl (C=O) groups is 3. The zero-order valence-electron chi connectivity index (χ0n) is 19.4. The number of esters is 3. The summed E-state index contributed by atoms with van der Waals surface area (Å²) in [6, 6.07) is 18.2. The molecule has 0 amide bonds. The van der Waals surface area contributed by atoms with E-state index in [1.807, 2.05) is 25.1 Å². The molecule has 3 rings (SSSR count). The minimum absolute atomic E-state index is 0.0287. The normalized spacial score (nSPS) is 10.3. The van der Waals surface area contributed by atoms with Gasteiger partial charge >= 0.3 is 17.9 Å². The number of carbonyl (C=O) groups excluding carboxylic acids is 3. The van der Waals surface area contributed by atoms with Crippen LogP contribution in [0.4, 0.5) is 0 Å². The van der Waals surface area contributed by atoms with Crippen molar-refractivity contribution in [2.45, 2.75) is 13.8 Å². The molecule has 0 atom stereocenters. The first-order chi connectivity index (χ1) is 16.7. The summed E-state index contributed by atoms with van der Waals surface area (Å²) in [6.45, 7) is 9.91. The van der Waals surface area contributed by atoms with Gasteiger partial charge in [-0.15, -0.1) is 0 Å². The van der Waals surface area contributed by atoms with Gasteiger partial charge in [-0.05, 0) is 79.1 Å². The molecule has 0 bridgehead atoms. The number of aliphatic hydroxyl groups excluding tert-OH is 1. The zero-order chi connectivity index (χ0) is 25.5. The lowest BCUT2D eigenvalue weighted by atomic mass is 10.0. The van der Waals surface area contributed by atoms with Crippen molar-refractivity contribution in [1.82, 2.24) is 0 Å². The van der Waals surface area contributed by atoms with Gasteiger partial charge in [-0.25, -0.2) is 14.4 Å². The van der Waals surface area contributed by atoms with Crippen LogP contribution < -0.4 is 14.2 Å². The Hall–Kier alpha value is -4.49. The monoisotopic (exact) mass is 472 g/mol. The smallest absolute Gasteiger partial charge is 0.343 e. The Kier molecular flexibility index (Phi) is 7.96. The van der Waals surface area contributed by atoms with Gasteiger partial charge in [0.1, 0.15) is 17.2 Å². The minimum atomic E-state index is -0.687. The maximum absolute atomic E-state index is 12.5. The molecule has 35 heavy (non-hydrogen) atoms. The summed E-state index contributed by atoms with van der Waals surface area (Å²) in [7, 11) is 0. The molecule has 0 spiro atoms. The SMILES string of the molecule is C=C(C)C(=O)Oc1ccc(C(=O)Oc2ccc(-c3ccc(OC(=O)C(=C)CO)cc3C)cc2)cc1. The van der Waals surface area contributed by atoms with E-state index in [1.54, 1.807) is 31.2 Å². The predicted molar refractivity (Wildman–Crippen MR) is 130 cm³/mol. The van der Waals surface area contributed by atoms with Crippen LogP contribution in [0.2, 0.25) is 0 Å². The first-order valence-electron chi connectivity index (χ1n) is 10.6. The molecular weight excluding hydrogens is 448 g/mol. The lowest BCUT2D eigenvalue weighted by Crippen LogP contribution is -2.12. The van der Waals surface area contributed by atoms with Gasteiger partial charge in [0.05, 0.1) is 17.7 Å². The second-order valence-electron chi connectivity index (χ2n) is 7.74. The number of aliphatic hydroxyl groups is 1. The van der Waals surface area contributed by atoms with Crippen molar-refractivity contribution in [2.75, 3.05) is 6.61 Å². The molecule has 178 valence electrons. The molecule has 1 N–H and O–H groups in total. The number of aryl methyl sites for hydroxylation is 1. The van der Waals surface area contributed by atoms with Gasteiger partial charge in [-0.2, -0.15) is 0 Å².